The van der Waals surface area contributed by atoms with E-state index in [4.69, 9.17) is 9.47 Å². The van der Waals surface area contributed by atoms with Gasteiger partial charge in [0, 0.05) is 23.2 Å². The molecule has 1 aliphatic heterocycles. The van der Waals surface area contributed by atoms with Crippen LogP contribution in [0, 0.1) is 9.39 Å². The Morgan fingerprint density at radius 3 is 2.70 bits per heavy atom. The summed E-state index contributed by atoms with van der Waals surface area (Å²) in [4.78, 5) is 25.8. The Balaban J connectivity index is 2.14. The van der Waals surface area contributed by atoms with Crippen LogP contribution in [0.3, 0.4) is 0 Å². The van der Waals surface area contributed by atoms with Gasteiger partial charge in [0.1, 0.15) is 12.2 Å². The molecule has 7 heteroatoms. The van der Waals surface area contributed by atoms with Crippen molar-refractivity contribution in [2.75, 3.05) is 32.9 Å². The number of carbonyl (C=O) groups is 2. The third-order valence-electron chi connectivity index (χ3n) is 3.51. The summed E-state index contributed by atoms with van der Waals surface area (Å²) in [5, 5.41) is 0. The first-order valence-corrected chi connectivity index (χ1v) is 8.56. The minimum Gasteiger partial charge on any atom is -0.466 e. The summed E-state index contributed by atoms with van der Waals surface area (Å²) in [6.07, 6.45) is -0.443. The quantitative estimate of drug-likeness (QED) is 0.297. The van der Waals surface area contributed by atoms with Gasteiger partial charge >= 0.3 is 5.97 Å². The van der Waals surface area contributed by atoms with Gasteiger partial charge in [-0.1, -0.05) is 0 Å². The predicted molar refractivity (Wildman–Crippen MR) is 90.8 cm³/mol. The predicted octanol–water partition coefficient (Wildman–Crippen LogP) is 2.40. The first kappa shape index (κ1) is 18.3. The molecule has 0 bridgehead atoms. The second-order valence-electron chi connectivity index (χ2n) is 5.23. The maximum Gasteiger partial charge on any atom is 0.313 e. The average Bonchev–Trinajstić information content (AvgIpc) is 2.51. The number of rotatable bonds is 6. The SMILES string of the molecule is CCOC(=O)CC(=O)c1cc(CN2CCOCC2)cc(I)c1F. The highest BCUT2D eigenvalue weighted by molar-refractivity contribution is 14.1. The molecule has 1 saturated heterocycles. The molecule has 1 aliphatic rings. The monoisotopic (exact) mass is 435 g/mol. The van der Waals surface area contributed by atoms with Gasteiger partial charge in [-0.15, -0.1) is 0 Å². The molecular formula is C16H19FINO4. The molecule has 23 heavy (non-hydrogen) atoms. The largest absolute Gasteiger partial charge is 0.466 e. The first-order chi connectivity index (χ1) is 11.0. The molecule has 0 spiro atoms. The lowest BCUT2D eigenvalue weighted by atomic mass is 10.0. The van der Waals surface area contributed by atoms with Crippen LogP contribution in [0.15, 0.2) is 12.1 Å². The molecule has 0 radical (unpaired) electrons. The normalized spacial score (nSPS) is 15.4. The Labute approximate surface area is 148 Å². The van der Waals surface area contributed by atoms with Crippen LogP contribution in [0.4, 0.5) is 4.39 Å². The zero-order valence-corrected chi connectivity index (χ0v) is 15.1. The fraction of sp³-hybridized carbons (Fsp3) is 0.500. The average molecular weight is 435 g/mol. The van der Waals surface area contributed by atoms with Crippen molar-refractivity contribution in [2.24, 2.45) is 0 Å². The topological polar surface area (TPSA) is 55.8 Å². The van der Waals surface area contributed by atoms with E-state index in [0.717, 1.165) is 18.7 Å². The van der Waals surface area contributed by atoms with Crippen LogP contribution in [0.2, 0.25) is 0 Å². The van der Waals surface area contributed by atoms with E-state index >= 15 is 0 Å². The molecule has 0 amide bonds. The molecule has 0 saturated carbocycles. The molecule has 126 valence electrons. The van der Waals surface area contributed by atoms with E-state index in [1.165, 1.54) is 6.07 Å². The third kappa shape index (κ3) is 5.22. The van der Waals surface area contributed by atoms with Crippen LogP contribution < -0.4 is 0 Å². The smallest absolute Gasteiger partial charge is 0.313 e. The molecule has 1 heterocycles. The van der Waals surface area contributed by atoms with Crippen LogP contribution in [0.25, 0.3) is 0 Å². The summed E-state index contributed by atoms with van der Waals surface area (Å²) in [6.45, 7) is 5.44. The van der Waals surface area contributed by atoms with Crippen molar-refractivity contribution >= 4 is 34.3 Å². The highest BCUT2D eigenvalue weighted by Gasteiger charge is 2.20. The van der Waals surface area contributed by atoms with Gasteiger partial charge in [0.05, 0.1) is 25.4 Å². The second-order valence-corrected chi connectivity index (χ2v) is 6.39. The van der Waals surface area contributed by atoms with Crippen molar-refractivity contribution in [3.05, 3.63) is 32.6 Å². The highest BCUT2D eigenvalue weighted by Crippen LogP contribution is 2.21. The summed E-state index contributed by atoms with van der Waals surface area (Å²) in [7, 11) is 0. The van der Waals surface area contributed by atoms with E-state index in [1.807, 2.05) is 22.6 Å². The molecule has 1 aromatic carbocycles. The number of ketones is 1. The van der Waals surface area contributed by atoms with E-state index in [2.05, 4.69) is 4.90 Å². The lowest BCUT2D eigenvalue weighted by Crippen LogP contribution is -2.35. The Hall–Kier alpha value is -1.06. The van der Waals surface area contributed by atoms with E-state index in [-0.39, 0.29) is 12.2 Å². The molecule has 0 aromatic heterocycles. The number of hydrogen-bond acceptors (Lipinski definition) is 5. The van der Waals surface area contributed by atoms with E-state index in [1.54, 1.807) is 13.0 Å². The van der Waals surface area contributed by atoms with Crippen LogP contribution in [0.5, 0.6) is 0 Å². The van der Waals surface area contributed by atoms with Crippen molar-refractivity contribution in [1.29, 1.82) is 0 Å². The number of Topliss-reactive ketones (excluding diaryl/α,β-unsaturated/α-hetero) is 1. The molecule has 0 unspecified atom stereocenters. The second kappa shape index (κ2) is 8.70. The van der Waals surface area contributed by atoms with Crippen LogP contribution in [0.1, 0.15) is 29.3 Å². The molecule has 5 nitrogen and oxygen atoms in total. The standard InChI is InChI=1S/C16H19FINO4/c1-2-23-15(21)9-14(20)12-7-11(8-13(18)16(12)17)10-19-3-5-22-6-4-19/h7-8H,2-6,9-10H2,1H3. The lowest BCUT2D eigenvalue weighted by Gasteiger charge is -2.26. The Kier molecular flexibility index (Phi) is 6.91. The van der Waals surface area contributed by atoms with Gasteiger partial charge in [0.15, 0.2) is 5.78 Å². The lowest BCUT2D eigenvalue weighted by molar-refractivity contribution is -0.141. The van der Waals surface area contributed by atoms with Gasteiger partial charge in [-0.3, -0.25) is 14.5 Å². The molecule has 2 rings (SSSR count). The first-order valence-electron chi connectivity index (χ1n) is 7.48. The van der Waals surface area contributed by atoms with E-state index in [0.29, 0.717) is 23.3 Å². The Bertz CT molecular complexity index is 588. The minimum absolute atomic E-state index is 0.0480. The number of carbonyl (C=O) groups excluding carboxylic acids is 2. The van der Waals surface area contributed by atoms with Crippen molar-refractivity contribution in [3.8, 4) is 0 Å². The van der Waals surface area contributed by atoms with E-state index < -0.39 is 24.0 Å². The van der Waals surface area contributed by atoms with Gasteiger partial charge in [-0.25, -0.2) is 4.39 Å². The van der Waals surface area contributed by atoms with Crippen LogP contribution in [-0.4, -0.2) is 49.6 Å². The number of morpholine rings is 1. The van der Waals surface area contributed by atoms with Gasteiger partial charge in [-0.05, 0) is 47.2 Å². The Morgan fingerprint density at radius 2 is 2.04 bits per heavy atom. The van der Waals surface area contributed by atoms with Crippen molar-refractivity contribution < 1.29 is 23.5 Å². The summed E-state index contributed by atoms with van der Waals surface area (Å²) < 4.78 is 24.7. The molecule has 0 N–H and O–H groups in total. The summed E-state index contributed by atoms with van der Waals surface area (Å²) in [6, 6.07) is 3.26. The molecule has 1 fully saturated rings. The molecular weight excluding hydrogens is 416 g/mol. The summed E-state index contributed by atoms with van der Waals surface area (Å²) >= 11 is 1.87. The van der Waals surface area contributed by atoms with Crippen molar-refractivity contribution in [1.82, 2.24) is 4.90 Å². The number of benzene rings is 1. The molecule has 0 aliphatic carbocycles. The molecule has 0 atom stereocenters. The highest BCUT2D eigenvalue weighted by atomic mass is 127. The number of esters is 1. The number of halogens is 2. The maximum atomic E-state index is 14.2. The van der Waals surface area contributed by atoms with Crippen LogP contribution >= 0.6 is 22.6 Å². The van der Waals surface area contributed by atoms with Gasteiger partial charge in [0.25, 0.3) is 0 Å². The fourth-order valence-corrected chi connectivity index (χ4v) is 3.09. The number of nitrogens with zero attached hydrogens (tertiary/aromatic N) is 1. The van der Waals surface area contributed by atoms with E-state index in [9.17, 15) is 14.0 Å². The number of hydrogen-bond donors (Lipinski definition) is 0. The fourth-order valence-electron chi connectivity index (χ4n) is 2.40. The van der Waals surface area contributed by atoms with Crippen molar-refractivity contribution in [2.45, 2.75) is 19.9 Å². The summed E-state index contributed by atoms with van der Waals surface area (Å²) in [5.41, 5.74) is 0.804. The molecule has 1 aromatic rings. The third-order valence-corrected chi connectivity index (χ3v) is 4.29. The zero-order valence-electron chi connectivity index (χ0n) is 12.9. The van der Waals surface area contributed by atoms with Gasteiger partial charge < -0.3 is 9.47 Å². The maximum absolute atomic E-state index is 14.2. The zero-order chi connectivity index (χ0) is 16.8. The minimum atomic E-state index is -0.634. The van der Waals surface area contributed by atoms with Crippen molar-refractivity contribution in [3.63, 3.8) is 0 Å². The van der Waals surface area contributed by atoms with Gasteiger partial charge in [0.2, 0.25) is 0 Å². The van der Waals surface area contributed by atoms with Crippen LogP contribution in [-0.2, 0) is 20.8 Å². The Morgan fingerprint density at radius 1 is 1.35 bits per heavy atom. The summed E-state index contributed by atoms with van der Waals surface area (Å²) in [5.74, 6) is -1.76. The number of ether oxygens (including phenoxy) is 2. The van der Waals surface area contributed by atoms with Gasteiger partial charge in [-0.2, -0.15) is 0 Å².